The smallest absolute Gasteiger partial charge is 0.181 e. The summed E-state index contributed by atoms with van der Waals surface area (Å²) in [6.07, 6.45) is 6.75. The molecule has 78 valence electrons. The van der Waals surface area contributed by atoms with Gasteiger partial charge in [-0.3, -0.25) is 0 Å². The first-order valence-electron chi connectivity index (χ1n) is 5.29. The third-order valence-corrected chi connectivity index (χ3v) is 3.72. The summed E-state index contributed by atoms with van der Waals surface area (Å²) < 4.78 is 5.49. The van der Waals surface area contributed by atoms with Crippen LogP contribution in [0.5, 0.6) is 0 Å². The maximum absolute atomic E-state index is 5.49. The van der Waals surface area contributed by atoms with E-state index in [-0.39, 0.29) is 0 Å². The zero-order valence-electron chi connectivity index (χ0n) is 8.50. The van der Waals surface area contributed by atoms with Gasteiger partial charge in [0.15, 0.2) is 6.39 Å². The summed E-state index contributed by atoms with van der Waals surface area (Å²) >= 11 is 3.44. The van der Waals surface area contributed by atoms with E-state index in [4.69, 9.17) is 4.42 Å². The normalized spacial score (nSPS) is 27.9. The van der Waals surface area contributed by atoms with E-state index in [0.29, 0.717) is 5.92 Å². The molecule has 0 aliphatic heterocycles. The van der Waals surface area contributed by atoms with E-state index < -0.39 is 0 Å². The van der Waals surface area contributed by atoms with Crippen LogP contribution in [0, 0.1) is 5.92 Å². The second-order valence-electron chi connectivity index (χ2n) is 4.25. The van der Waals surface area contributed by atoms with Gasteiger partial charge in [0.05, 0.1) is 5.69 Å². The maximum atomic E-state index is 5.49. The van der Waals surface area contributed by atoms with Gasteiger partial charge in [0.2, 0.25) is 0 Å². The Labute approximate surface area is 93.2 Å². The molecule has 14 heavy (non-hydrogen) atoms. The quantitative estimate of drug-likeness (QED) is 0.753. The van der Waals surface area contributed by atoms with Gasteiger partial charge >= 0.3 is 0 Å². The van der Waals surface area contributed by atoms with Crippen molar-refractivity contribution in [3.05, 3.63) is 17.8 Å². The van der Waals surface area contributed by atoms with Crippen LogP contribution in [-0.2, 0) is 5.33 Å². The van der Waals surface area contributed by atoms with E-state index in [9.17, 15) is 0 Å². The predicted octanol–water partition coefficient (Wildman–Crippen LogP) is 3.86. The van der Waals surface area contributed by atoms with Crippen LogP contribution in [0.2, 0.25) is 0 Å². The Morgan fingerprint density at radius 1 is 1.43 bits per heavy atom. The molecule has 0 aromatic carbocycles. The molecule has 0 amide bonds. The summed E-state index contributed by atoms with van der Waals surface area (Å²) in [7, 11) is 0. The van der Waals surface area contributed by atoms with Crippen molar-refractivity contribution in [2.75, 3.05) is 0 Å². The molecule has 1 saturated carbocycles. The van der Waals surface area contributed by atoms with Gasteiger partial charge in [-0.1, -0.05) is 35.7 Å². The van der Waals surface area contributed by atoms with Crippen LogP contribution in [0.25, 0.3) is 0 Å². The summed E-state index contributed by atoms with van der Waals surface area (Å²) in [6, 6.07) is 0. The first-order valence-corrected chi connectivity index (χ1v) is 6.41. The average molecular weight is 258 g/mol. The van der Waals surface area contributed by atoms with Crippen molar-refractivity contribution in [2.45, 2.75) is 43.9 Å². The number of hydrogen-bond donors (Lipinski definition) is 0. The van der Waals surface area contributed by atoms with E-state index in [1.54, 1.807) is 6.39 Å². The Bertz CT molecular complexity index is 289. The number of aromatic nitrogens is 1. The Hall–Kier alpha value is -0.310. The van der Waals surface area contributed by atoms with Crippen molar-refractivity contribution in [1.82, 2.24) is 4.98 Å². The monoisotopic (exact) mass is 257 g/mol. The van der Waals surface area contributed by atoms with Gasteiger partial charge in [-0.25, -0.2) is 4.98 Å². The van der Waals surface area contributed by atoms with Gasteiger partial charge in [0.1, 0.15) is 5.76 Å². The molecule has 1 aromatic heterocycles. The molecule has 1 fully saturated rings. The lowest BCUT2D eigenvalue weighted by atomic mass is 9.81. The summed E-state index contributed by atoms with van der Waals surface area (Å²) in [5, 5.41) is 0.810. The summed E-state index contributed by atoms with van der Waals surface area (Å²) in [5.41, 5.74) is 1.09. The van der Waals surface area contributed by atoms with E-state index in [1.807, 2.05) is 0 Å². The van der Waals surface area contributed by atoms with Gasteiger partial charge in [-0.05, 0) is 18.8 Å². The van der Waals surface area contributed by atoms with Crippen molar-refractivity contribution in [3.63, 3.8) is 0 Å². The number of oxazole rings is 1. The van der Waals surface area contributed by atoms with Gasteiger partial charge in [0, 0.05) is 11.2 Å². The highest BCUT2D eigenvalue weighted by Gasteiger charge is 2.24. The summed E-state index contributed by atoms with van der Waals surface area (Å²) in [4.78, 5) is 4.22. The zero-order valence-corrected chi connectivity index (χ0v) is 10.1. The SMILES string of the molecule is CC1CCC(c2ocnc2CBr)CC1. The molecule has 0 atom stereocenters. The largest absolute Gasteiger partial charge is 0.448 e. The predicted molar refractivity (Wildman–Crippen MR) is 59.5 cm³/mol. The van der Waals surface area contributed by atoms with Gasteiger partial charge < -0.3 is 4.42 Å². The molecule has 3 heteroatoms. The Kier molecular flexibility index (Phi) is 3.26. The number of alkyl halides is 1. The lowest BCUT2D eigenvalue weighted by molar-refractivity contribution is 0.313. The fourth-order valence-corrected chi connectivity index (χ4v) is 2.65. The molecule has 0 spiro atoms. The number of hydrogen-bond acceptors (Lipinski definition) is 2. The molecule has 0 radical (unpaired) electrons. The molecule has 0 N–H and O–H groups in total. The van der Waals surface area contributed by atoms with Gasteiger partial charge in [0.25, 0.3) is 0 Å². The van der Waals surface area contributed by atoms with Crippen LogP contribution in [-0.4, -0.2) is 4.98 Å². The van der Waals surface area contributed by atoms with Gasteiger partial charge in [-0.2, -0.15) is 0 Å². The van der Waals surface area contributed by atoms with E-state index in [0.717, 1.165) is 22.7 Å². The minimum absolute atomic E-state index is 0.612. The fraction of sp³-hybridized carbons (Fsp3) is 0.727. The summed E-state index contributed by atoms with van der Waals surface area (Å²) in [5.74, 6) is 2.62. The fourth-order valence-electron chi connectivity index (χ4n) is 2.23. The minimum atomic E-state index is 0.612. The van der Waals surface area contributed by atoms with Crippen LogP contribution >= 0.6 is 15.9 Å². The van der Waals surface area contributed by atoms with Crippen molar-refractivity contribution < 1.29 is 4.42 Å². The van der Waals surface area contributed by atoms with Crippen molar-refractivity contribution in [1.29, 1.82) is 0 Å². The van der Waals surface area contributed by atoms with Crippen LogP contribution in [0.15, 0.2) is 10.8 Å². The highest BCUT2D eigenvalue weighted by atomic mass is 79.9. The van der Waals surface area contributed by atoms with Crippen LogP contribution in [0.3, 0.4) is 0 Å². The topological polar surface area (TPSA) is 26.0 Å². The molecular weight excluding hydrogens is 242 g/mol. The molecular formula is C11H16BrNO. The third-order valence-electron chi connectivity index (χ3n) is 3.19. The molecule has 1 aliphatic carbocycles. The van der Waals surface area contributed by atoms with Gasteiger partial charge in [-0.15, -0.1) is 0 Å². The number of rotatable bonds is 2. The Balaban J connectivity index is 2.08. The lowest BCUT2D eigenvalue weighted by Crippen LogP contribution is -2.11. The average Bonchev–Trinajstić information content (AvgIpc) is 2.67. The first-order chi connectivity index (χ1) is 6.81. The van der Waals surface area contributed by atoms with Crippen molar-refractivity contribution >= 4 is 15.9 Å². The van der Waals surface area contributed by atoms with Crippen LogP contribution in [0.1, 0.15) is 50.0 Å². The van der Waals surface area contributed by atoms with Crippen LogP contribution < -0.4 is 0 Å². The minimum Gasteiger partial charge on any atom is -0.448 e. The van der Waals surface area contributed by atoms with Crippen molar-refractivity contribution in [3.8, 4) is 0 Å². The molecule has 2 nitrogen and oxygen atoms in total. The van der Waals surface area contributed by atoms with Crippen LogP contribution in [0.4, 0.5) is 0 Å². The van der Waals surface area contributed by atoms with E-state index in [2.05, 4.69) is 27.8 Å². The van der Waals surface area contributed by atoms with E-state index >= 15 is 0 Å². The van der Waals surface area contributed by atoms with Crippen molar-refractivity contribution in [2.24, 2.45) is 5.92 Å². The number of halogens is 1. The van der Waals surface area contributed by atoms with E-state index in [1.165, 1.54) is 25.7 Å². The molecule has 0 saturated heterocycles. The number of nitrogens with zero attached hydrogens (tertiary/aromatic N) is 1. The second-order valence-corrected chi connectivity index (χ2v) is 4.81. The highest BCUT2D eigenvalue weighted by Crippen LogP contribution is 2.37. The third kappa shape index (κ3) is 2.02. The molecule has 0 unspecified atom stereocenters. The highest BCUT2D eigenvalue weighted by molar-refractivity contribution is 9.08. The molecule has 1 aliphatic rings. The molecule has 2 rings (SSSR count). The lowest BCUT2D eigenvalue weighted by Gasteiger charge is -2.24. The standard InChI is InChI=1S/C11H16BrNO/c1-8-2-4-9(5-3-8)11-10(6-12)13-7-14-11/h7-9H,2-6H2,1H3. The Morgan fingerprint density at radius 3 is 2.79 bits per heavy atom. The summed E-state index contributed by atoms with van der Waals surface area (Å²) in [6.45, 7) is 2.34. The Morgan fingerprint density at radius 2 is 2.14 bits per heavy atom. The molecule has 1 aromatic rings. The molecule has 0 bridgehead atoms. The molecule has 1 heterocycles. The second kappa shape index (κ2) is 4.47. The zero-order chi connectivity index (χ0) is 9.97. The maximum Gasteiger partial charge on any atom is 0.181 e. The first kappa shape index (κ1) is 10.2.